The van der Waals surface area contributed by atoms with Crippen molar-refractivity contribution in [2.24, 2.45) is 17.6 Å². The van der Waals surface area contributed by atoms with Gasteiger partial charge in [-0.2, -0.15) is 0 Å². The molecule has 12 heavy (non-hydrogen) atoms. The van der Waals surface area contributed by atoms with Crippen molar-refractivity contribution >= 4 is 0 Å². The summed E-state index contributed by atoms with van der Waals surface area (Å²) >= 11 is 0. The van der Waals surface area contributed by atoms with E-state index in [-0.39, 0.29) is 11.2 Å². The Hall–Kier alpha value is -0.500. The lowest BCUT2D eigenvalue weighted by atomic mass is 9.99. The van der Waals surface area contributed by atoms with Crippen LogP contribution in [0.3, 0.4) is 0 Å². The van der Waals surface area contributed by atoms with E-state index < -0.39 is 0 Å². The summed E-state index contributed by atoms with van der Waals surface area (Å²) in [6.07, 6.45) is 4.90. The molecular weight excluding hydrogens is 150 g/mol. The van der Waals surface area contributed by atoms with Crippen LogP contribution in [0.1, 0.15) is 27.2 Å². The van der Waals surface area contributed by atoms with Gasteiger partial charge in [-0.15, -0.1) is 0 Å². The Labute approximate surface area is 73.8 Å². The fourth-order valence-electron chi connectivity index (χ4n) is 2.66. The maximum Gasteiger partial charge on any atom is 0.0890 e. The molecule has 0 spiro atoms. The van der Waals surface area contributed by atoms with Crippen LogP contribution in [0.15, 0.2) is 12.3 Å². The highest BCUT2D eigenvalue weighted by Crippen LogP contribution is 2.62. The first-order valence-corrected chi connectivity index (χ1v) is 4.59. The van der Waals surface area contributed by atoms with Gasteiger partial charge in [0.05, 0.1) is 11.2 Å². The summed E-state index contributed by atoms with van der Waals surface area (Å²) in [6, 6.07) is 0. The Kier molecular flexibility index (Phi) is 1.39. The zero-order chi connectivity index (χ0) is 8.98. The van der Waals surface area contributed by atoms with Gasteiger partial charge < -0.3 is 10.5 Å². The van der Waals surface area contributed by atoms with Crippen molar-refractivity contribution in [3.05, 3.63) is 12.3 Å². The molecule has 0 aromatic rings. The van der Waals surface area contributed by atoms with Gasteiger partial charge in [-0.05, 0) is 51.3 Å². The average molecular weight is 167 g/mol. The molecule has 3 atom stereocenters. The Balaban J connectivity index is 2.23. The third kappa shape index (κ3) is 0.908. The SMILES string of the molecule is CC1(C)OC(C)(/C=C/N)C2CC21. The highest BCUT2D eigenvalue weighted by molar-refractivity contribution is 5.19. The van der Waals surface area contributed by atoms with Gasteiger partial charge in [0.15, 0.2) is 0 Å². The minimum atomic E-state index is -0.0943. The maximum atomic E-state index is 5.97. The molecular formula is C10H17NO. The molecule has 2 aliphatic rings. The number of rotatable bonds is 1. The highest BCUT2D eigenvalue weighted by atomic mass is 16.5. The summed E-state index contributed by atoms with van der Waals surface area (Å²) in [5.41, 5.74) is 5.36. The molecule has 0 aromatic carbocycles. The van der Waals surface area contributed by atoms with E-state index >= 15 is 0 Å². The molecule has 1 saturated heterocycles. The first kappa shape index (κ1) is 8.11. The van der Waals surface area contributed by atoms with E-state index in [4.69, 9.17) is 10.5 Å². The number of hydrogen-bond donors (Lipinski definition) is 1. The van der Waals surface area contributed by atoms with Crippen LogP contribution in [0.25, 0.3) is 0 Å². The van der Waals surface area contributed by atoms with Crippen LogP contribution in [0.2, 0.25) is 0 Å². The van der Waals surface area contributed by atoms with Gasteiger partial charge in [0, 0.05) is 0 Å². The van der Waals surface area contributed by atoms with Gasteiger partial charge in [0.2, 0.25) is 0 Å². The number of hydrogen-bond acceptors (Lipinski definition) is 2. The molecule has 3 unspecified atom stereocenters. The number of nitrogens with two attached hydrogens (primary N) is 1. The second-order valence-corrected chi connectivity index (χ2v) is 4.70. The average Bonchev–Trinajstić information content (AvgIpc) is 2.58. The summed E-state index contributed by atoms with van der Waals surface area (Å²) in [4.78, 5) is 0. The fraction of sp³-hybridized carbons (Fsp3) is 0.800. The van der Waals surface area contributed by atoms with Crippen molar-refractivity contribution in [1.29, 1.82) is 0 Å². The third-order valence-corrected chi connectivity index (χ3v) is 3.33. The van der Waals surface area contributed by atoms with Crippen LogP contribution < -0.4 is 5.73 Å². The molecule has 0 amide bonds. The fourth-order valence-corrected chi connectivity index (χ4v) is 2.66. The van der Waals surface area contributed by atoms with Gasteiger partial charge in [-0.3, -0.25) is 0 Å². The predicted octanol–water partition coefficient (Wildman–Crippen LogP) is 1.66. The van der Waals surface area contributed by atoms with E-state index in [1.807, 2.05) is 6.08 Å². The lowest BCUT2D eigenvalue weighted by molar-refractivity contribution is -0.0782. The van der Waals surface area contributed by atoms with Gasteiger partial charge in [-0.25, -0.2) is 0 Å². The molecule has 2 heteroatoms. The summed E-state index contributed by atoms with van der Waals surface area (Å²) in [5, 5.41) is 0. The van der Waals surface area contributed by atoms with Crippen molar-refractivity contribution in [3.8, 4) is 0 Å². The standard InChI is InChI=1S/C10H17NO/c1-9(2)7-6-8(7)10(3,12-9)4-5-11/h4-5,7-8H,6,11H2,1-3H3/b5-4+. The van der Waals surface area contributed by atoms with E-state index in [0.717, 1.165) is 5.92 Å². The third-order valence-electron chi connectivity index (χ3n) is 3.33. The monoisotopic (exact) mass is 167 g/mol. The Morgan fingerprint density at radius 1 is 1.33 bits per heavy atom. The van der Waals surface area contributed by atoms with Crippen LogP contribution in [0, 0.1) is 11.8 Å². The minimum absolute atomic E-state index is 0.0545. The van der Waals surface area contributed by atoms with Crippen LogP contribution in [-0.2, 0) is 4.74 Å². The predicted molar refractivity (Wildman–Crippen MR) is 48.5 cm³/mol. The molecule has 1 aliphatic heterocycles. The molecule has 2 rings (SSSR count). The molecule has 1 heterocycles. The van der Waals surface area contributed by atoms with Crippen molar-refractivity contribution < 1.29 is 4.74 Å². The first-order chi connectivity index (χ1) is 5.49. The second-order valence-electron chi connectivity index (χ2n) is 4.70. The topological polar surface area (TPSA) is 35.2 Å². The van der Waals surface area contributed by atoms with Crippen molar-refractivity contribution in [2.45, 2.75) is 38.4 Å². The zero-order valence-electron chi connectivity index (χ0n) is 8.00. The van der Waals surface area contributed by atoms with Crippen LogP contribution >= 0.6 is 0 Å². The molecule has 0 aromatic heterocycles. The van der Waals surface area contributed by atoms with Crippen molar-refractivity contribution in [2.75, 3.05) is 0 Å². The van der Waals surface area contributed by atoms with E-state index in [9.17, 15) is 0 Å². The van der Waals surface area contributed by atoms with Crippen molar-refractivity contribution in [1.82, 2.24) is 0 Å². The van der Waals surface area contributed by atoms with E-state index in [2.05, 4.69) is 20.8 Å². The van der Waals surface area contributed by atoms with Gasteiger partial charge in [-0.1, -0.05) is 0 Å². The van der Waals surface area contributed by atoms with Crippen molar-refractivity contribution in [3.63, 3.8) is 0 Å². The molecule has 0 bridgehead atoms. The lowest BCUT2D eigenvalue weighted by Gasteiger charge is -2.29. The largest absolute Gasteiger partial charge is 0.405 e. The second kappa shape index (κ2) is 2.05. The van der Waals surface area contributed by atoms with E-state index in [1.54, 1.807) is 6.20 Å². The molecule has 68 valence electrons. The molecule has 2 fully saturated rings. The minimum Gasteiger partial charge on any atom is -0.405 e. The molecule has 1 saturated carbocycles. The summed E-state index contributed by atoms with van der Waals surface area (Å²) in [5.74, 6) is 1.45. The van der Waals surface area contributed by atoms with Gasteiger partial charge in [0.25, 0.3) is 0 Å². The molecule has 2 N–H and O–H groups in total. The Morgan fingerprint density at radius 2 is 2.00 bits per heavy atom. The smallest absolute Gasteiger partial charge is 0.0890 e. The normalized spacial score (nSPS) is 49.6. The number of fused-ring (bicyclic) bond motifs is 1. The molecule has 2 nitrogen and oxygen atoms in total. The maximum absolute atomic E-state index is 5.97. The molecule has 0 radical (unpaired) electrons. The van der Waals surface area contributed by atoms with E-state index in [1.165, 1.54) is 6.42 Å². The van der Waals surface area contributed by atoms with Crippen LogP contribution in [-0.4, -0.2) is 11.2 Å². The van der Waals surface area contributed by atoms with E-state index in [0.29, 0.717) is 5.92 Å². The summed E-state index contributed by atoms with van der Waals surface area (Å²) < 4.78 is 5.97. The highest BCUT2D eigenvalue weighted by Gasteiger charge is 2.64. The van der Waals surface area contributed by atoms with Gasteiger partial charge >= 0.3 is 0 Å². The number of ether oxygens (including phenoxy) is 1. The zero-order valence-corrected chi connectivity index (χ0v) is 8.00. The quantitative estimate of drug-likeness (QED) is 0.644. The summed E-state index contributed by atoms with van der Waals surface area (Å²) in [7, 11) is 0. The molecule has 1 aliphatic carbocycles. The Morgan fingerprint density at radius 3 is 2.33 bits per heavy atom. The summed E-state index contributed by atoms with van der Waals surface area (Å²) in [6.45, 7) is 6.48. The lowest BCUT2D eigenvalue weighted by Crippen LogP contribution is -2.32. The Bertz CT molecular complexity index is 234. The van der Waals surface area contributed by atoms with Crippen LogP contribution in [0.5, 0.6) is 0 Å². The van der Waals surface area contributed by atoms with Crippen LogP contribution in [0.4, 0.5) is 0 Å². The first-order valence-electron chi connectivity index (χ1n) is 4.59. The van der Waals surface area contributed by atoms with Gasteiger partial charge in [0.1, 0.15) is 0 Å².